The lowest BCUT2D eigenvalue weighted by atomic mass is 9.96. The average Bonchev–Trinajstić information content (AvgIpc) is 2.63. The van der Waals surface area contributed by atoms with Gasteiger partial charge in [-0.25, -0.2) is 13.1 Å². The number of rotatable bonds is 9. The SMILES string of the molecule is CCC(CNC(=O)CCNS(=O)(=O)c1ccc(Br)cc1)c1ccccc1. The van der Waals surface area contributed by atoms with Gasteiger partial charge in [0.2, 0.25) is 15.9 Å². The van der Waals surface area contributed by atoms with Gasteiger partial charge in [-0.2, -0.15) is 0 Å². The van der Waals surface area contributed by atoms with Crippen LogP contribution in [-0.2, 0) is 14.8 Å². The first-order chi connectivity index (χ1) is 12.4. The van der Waals surface area contributed by atoms with E-state index in [1.165, 1.54) is 17.7 Å². The number of carbonyl (C=O) groups is 1. The number of hydrogen-bond acceptors (Lipinski definition) is 3. The summed E-state index contributed by atoms with van der Waals surface area (Å²) in [5.74, 6) is 0.0810. The molecule has 0 radical (unpaired) electrons. The van der Waals surface area contributed by atoms with Crippen LogP contribution in [0.1, 0.15) is 31.2 Å². The molecular formula is C19H23BrN2O3S. The third kappa shape index (κ3) is 6.23. The Bertz CT molecular complexity index is 808. The topological polar surface area (TPSA) is 75.3 Å². The van der Waals surface area contributed by atoms with Crippen molar-refractivity contribution in [3.8, 4) is 0 Å². The second-order valence-corrected chi connectivity index (χ2v) is 8.60. The summed E-state index contributed by atoms with van der Waals surface area (Å²) in [6.07, 6.45) is 1.02. The van der Waals surface area contributed by atoms with Crippen LogP contribution in [0.5, 0.6) is 0 Å². The van der Waals surface area contributed by atoms with Crippen LogP contribution < -0.4 is 10.0 Å². The summed E-state index contributed by atoms with van der Waals surface area (Å²) in [6, 6.07) is 16.4. The number of halogens is 1. The minimum atomic E-state index is -3.60. The number of nitrogens with one attached hydrogen (secondary N) is 2. The molecule has 0 aliphatic carbocycles. The van der Waals surface area contributed by atoms with Crippen LogP contribution >= 0.6 is 15.9 Å². The Labute approximate surface area is 163 Å². The fourth-order valence-corrected chi connectivity index (χ4v) is 3.84. The van der Waals surface area contributed by atoms with Crippen LogP contribution in [0.3, 0.4) is 0 Å². The lowest BCUT2D eigenvalue weighted by Crippen LogP contribution is -2.32. The van der Waals surface area contributed by atoms with Gasteiger partial charge in [0.05, 0.1) is 4.90 Å². The van der Waals surface area contributed by atoms with E-state index in [9.17, 15) is 13.2 Å². The van der Waals surface area contributed by atoms with Gasteiger partial charge in [-0.3, -0.25) is 4.79 Å². The summed E-state index contributed by atoms with van der Waals surface area (Å²) in [4.78, 5) is 12.2. The van der Waals surface area contributed by atoms with Crippen LogP contribution in [0.2, 0.25) is 0 Å². The summed E-state index contributed by atoms with van der Waals surface area (Å²) >= 11 is 3.27. The van der Waals surface area contributed by atoms with Crippen molar-refractivity contribution in [2.45, 2.75) is 30.6 Å². The molecule has 7 heteroatoms. The van der Waals surface area contributed by atoms with Gasteiger partial charge in [0.25, 0.3) is 0 Å². The Morgan fingerprint density at radius 1 is 1.08 bits per heavy atom. The van der Waals surface area contributed by atoms with Crippen LogP contribution in [0.15, 0.2) is 64.0 Å². The van der Waals surface area contributed by atoms with Gasteiger partial charge in [-0.05, 0) is 36.2 Å². The van der Waals surface area contributed by atoms with E-state index in [0.29, 0.717) is 6.54 Å². The second kappa shape index (κ2) is 9.85. The molecule has 0 bridgehead atoms. The molecule has 2 aromatic carbocycles. The molecule has 0 fully saturated rings. The quantitative estimate of drug-likeness (QED) is 0.629. The first kappa shape index (κ1) is 20.6. The average molecular weight is 439 g/mol. The largest absolute Gasteiger partial charge is 0.355 e. The fourth-order valence-electron chi connectivity index (χ4n) is 2.54. The van der Waals surface area contributed by atoms with Crippen molar-refractivity contribution in [2.75, 3.05) is 13.1 Å². The molecule has 5 nitrogen and oxygen atoms in total. The Hall–Kier alpha value is -1.70. The lowest BCUT2D eigenvalue weighted by Gasteiger charge is -2.16. The predicted molar refractivity (Wildman–Crippen MR) is 106 cm³/mol. The third-order valence-corrected chi connectivity index (χ3v) is 6.08. The van der Waals surface area contributed by atoms with E-state index in [2.05, 4.69) is 32.9 Å². The number of sulfonamides is 1. The Morgan fingerprint density at radius 2 is 1.73 bits per heavy atom. The fraction of sp³-hybridized carbons (Fsp3) is 0.316. The molecule has 1 amide bonds. The van der Waals surface area contributed by atoms with Crippen molar-refractivity contribution in [2.24, 2.45) is 0 Å². The van der Waals surface area contributed by atoms with Crippen molar-refractivity contribution < 1.29 is 13.2 Å². The maximum Gasteiger partial charge on any atom is 0.240 e. The lowest BCUT2D eigenvalue weighted by molar-refractivity contribution is -0.121. The van der Waals surface area contributed by atoms with Crippen molar-refractivity contribution in [1.82, 2.24) is 10.0 Å². The van der Waals surface area contributed by atoms with E-state index >= 15 is 0 Å². The highest BCUT2D eigenvalue weighted by Gasteiger charge is 2.15. The highest BCUT2D eigenvalue weighted by molar-refractivity contribution is 9.10. The Morgan fingerprint density at radius 3 is 2.35 bits per heavy atom. The van der Waals surface area contributed by atoms with Gasteiger partial charge < -0.3 is 5.32 Å². The van der Waals surface area contributed by atoms with Crippen molar-refractivity contribution in [3.63, 3.8) is 0 Å². The van der Waals surface area contributed by atoms with E-state index in [1.54, 1.807) is 12.1 Å². The molecule has 0 saturated heterocycles. The predicted octanol–water partition coefficient (Wildman–Crippen LogP) is 3.43. The molecule has 2 N–H and O–H groups in total. The van der Waals surface area contributed by atoms with Gasteiger partial charge in [-0.1, -0.05) is 53.2 Å². The zero-order valence-electron chi connectivity index (χ0n) is 14.6. The van der Waals surface area contributed by atoms with Crippen LogP contribution in [0.25, 0.3) is 0 Å². The van der Waals surface area contributed by atoms with E-state index in [1.807, 2.05) is 30.3 Å². The summed E-state index contributed by atoms with van der Waals surface area (Å²) in [6.45, 7) is 2.68. The van der Waals surface area contributed by atoms with Crippen molar-refractivity contribution in [1.29, 1.82) is 0 Å². The zero-order chi connectivity index (χ0) is 19.0. The molecule has 1 unspecified atom stereocenters. The van der Waals surface area contributed by atoms with Gasteiger partial charge in [-0.15, -0.1) is 0 Å². The van der Waals surface area contributed by atoms with E-state index in [4.69, 9.17) is 0 Å². The molecule has 0 aliphatic heterocycles. The van der Waals surface area contributed by atoms with Gasteiger partial charge >= 0.3 is 0 Å². The monoisotopic (exact) mass is 438 g/mol. The molecule has 0 aliphatic rings. The van der Waals surface area contributed by atoms with E-state index in [0.717, 1.165) is 10.9 Å². The number of carbonyl (C=O) groups excluding carboxylic acids is 1. The van der Waals surface area contributed by atoms with E-state index < -0.39 is 10.0 Å². The summed E-state index contributed by atoms with van der Waals surface area (Å²) in [5.41, 5.74) is 1.19. The first-order valence-corrected chi connectivity index (χ1v) is 10.8. The highest BCUT2D eigenvalue weighted by Crippen LogP contribution is 2.18. The first-order valence-electron chi connectivity index (χ1n) is 8.49. The van der Waals surface area contributed by atoms with Gasteiger partial charge in [0, 0.05) is 29.9 Å². The second-order valence-electron chi connectivity index (χ2n) is 5.92. The minimum Gasteiger partial charge on any atom is -0.355 e. The van der Waals surface area contributed by atoms with Gasteiger partial charge in [0.15, 0.2) is 0 Å². The molecule has 2 aromatic rings. The maximum atomic E-state index is 12.2. The Balaban J connectivity index is 1.79. The number of benzene rings is 2. The normalized spacial score (nSPS) is 12.5. The van der Waals surface area contributed by atoms with Gasteiger partial charge in [0.1, 0.15) is 0 Å². The summed E-state index contributed by atoms with van der Waals surface area (Å²) < 4.78 is 27.6. The molecule has 1 atom stereocenters. The van der Waals surface area contributed by atoms with Crippen LogP contribution in [0, 0.1) is 0 Å². The van der Waals surface area contributed by atoms with Crippen LogP contribution in [0.4, 0.5) is 0 Å². The minimum absolute atomic E-state index is 0.0619. The molecule has 2 rings (SSSR count). The highest BCUT2D eigenvalue weighted by atomic mass is 79.9. The third-order valence-electron chi connectivity index (χ3n) is 4.08. The standard InChI is InChI=1S/C19H23BrN2O3S/c1-2-15(16-6-4-3-5-7-16)14-21-19(23)12-13-22-26(24,25)18-10-8-17(20)9-11-18/h3-11,15,22H,2,12-14H2,1H3,(H,21,23). The summed E-state index contributed by atoms with van der Waals surface area (Å²) in [7, 11) is -3.60. The molecule has 0 spiro atoms. The summed E-state index contributed by atoms with van der Waals surface area (Å²) in [5, 5.41) is 2.89. The maximum absolute atomic E-state index is 12.2. The van der Waals surface area contributed by atoms with Crippen LogP contribution in [-0.4, -0.2) is 27.4 Å². The molecule has 0 heterocycles. The molecule has 26 heavy (non-hydrogen) atoms. The molecule has 0 saturated carbocycles. The zero-order valence-corrected chi connectivity index (χ0v) is 17.0. The molecule has 140 valence electrons. The van der Waals surface area contributed by atoms with Crippen molar-refractivity contribution >= 4 is 31.9 Å². The number of hydrogen-bond donors (Lipinski definition) is 2. The Kier molecular flexibility index (Phi) is 7.81. The van der Waals surface area contributed by atoms with E-state index in [-0.39, 0.29) is 29.7 Å². The molecule has 0 aromatic heterocycles. The van der Waals surface area contributed by atoms with Crippen molar-refractivity contribution in [3.05, 3.63) is 64.6 Å². The molecular weight excluding hydrogens is 416 g/mol. The smallest absolute Gasteiger partial charge is 0.240 e. The number of amides is 1.